The Bertz CT molecular complexity index is 1290. The molecule has 0 radical (unpaired) electrons. The van der Waals surface area contributed by atoms with Gasteiger partial charge in [0.1, 0.15) is 15.5 Å². The van der Waals surface area contributed by atoms with Crippen LogP contribution in [0.3, 0.4) is 0 Å². The highest BCUT2D eigenvalue weighted by atomic mass is 32.1. The number of carbonyl (C=O) groups excluding carboxylic acids is 3. The molecule has 33 heavy (non-hydrogen) atoms. The van der Waals surface area contributed by atoms with Crippen LogP contribution in [0.4, 0.5) is 11.4 Å². The summed E-state index contributed by atoms with van der Waals surface area (Å²) >= 11 is 1.12. The minimum Gasteiger partial charge on any atom is -0.451 e. The van der Waals surface area contributed by atoms with Crippen LogP contribution in [-0.2, 0) is 27.3 Å². The Morgan fingerprint density at radius 2 is 1.79 bits per heavy atom. The second kappa shape index (κ2) is 9.53. The van der Waals surface area contributed by atoms with E-state index < -0.39 is 18.5 Å². The first-order valence-corrected chi connectivity index (χ1v) is 11.5. The van der Waals surface area contributed by atoms with Gasteiger partial charge in [-0.25, -0.2) is 9.78 Å². The van der Waals surface area contributed by atoms with E-state index in [2.05, 4.69) is 15.6 Å². The minimum atomic E-state index is -0.661. The van der Waals surface area contributed by atoms with E-state index in [1.54, 1.807) is 35.8 Å². The molecule has 9 nitrogen and oxygen atoms in total. The first-order chi connectivity index (χ1) is 15.8. The van der Waals surface area contributed by atoms with Gasteiger partial charge in [0.15, 0.2) is 6.61 Å². The molecular weight excluding hydrogens is 444 g/mol. The summed E-state index contributed by atoms with van der Waals surface area (Å²) in [5, 5.41) is 5.71. The molecule has 1 aromatic carbocycles. The Balaban J connectivity index is 1.44. The van der Waals surface area contributed by atoms with E-state index in [1.165, 1.54) is 6.92 Å². The Hall–Kier alpha value is -3.53. The number of aryl methyl sites for hydroxylation is 2. The van der Waals surface area contributed by atoms with Gasteiger partial charge < -0.3 is 15.4 Å². The fourth-order valence-corrected chi connectivity index (χ4v) is 4.92. The fraction of sp³-hybridized carbons (Fsp3) is 0.348. The monoisotopic (exact) mass is 468 g/mol. The summed E-state index contributed by atoms with van der Waals surface area (Å²) in [7, 11) is 0. The summed E-state index contributed by atoms with van der Waals surface area (Å²) in [6.45, 7) is 3.28. The fourth-order valence-electron chi connectivity index (χ4n) is 3.84. The standard InChI is InChI=1S/C23H24N4O5S/c1-13-19-21(26-17-6-4-3-5-11-27(17)22(19)30)33-20(13)23(31)32-12-18(29)25-16-9-7-15(8-10-16)24-14(2)28/h7-10H,3-6,11-12H2,1-2H3,(H,24,28)(H,25,29). The van der Waals surface area contributed by atoms with E-state index in [0.717, 1.165) is 42.8 Å². The molecule has 172 valence electrons. The quantitative estimate of drug-likeness (QED) is 0.555. The molecule has 1 aliphatic rings. The first-order valence-electron chi connectivity index (χ1n) is 10.7. The van der Waals surface area contributed by atoms with Crippen molar-refractivity contribution in [3.8, 4) is 0 Å². The predicted octanol–water partition coefficient (Wildman–Crippen LogP) is 3.25. The summed E-state index contributed by atoms with van der Waals surface area (Å²) in [6, 6.07) is 6.56. The van der Waals surface area contributed by atoms with E-state index in [1.807, 2.05) is 0 Å². The molecule has 1 aliphatic heterocycles. The van der Waals surface area contributed by atoms with Crippen molar-refractivity contribution in [2.75, 3.05) is 17.2 Å². The van der Waals surface area contributed by atoms with Crippen molar-refractivity contribution >= 4 is 50.7 Å². The molecule has 2 amide bonds. The third-order valence-corrected chi connectivity index (χ3v) is 6.59. The highest BCUT2D eigenvalue weighted by molar-refractivity contribution is 7.20. The zero-order valence-corrected chi connectivity index (χ0v) is 19.2. The SMILES string of the molecule is CC(=O)Nc1ccc(NC(=O)COC(=O)c2sc3nc4n(c(=O)c3c2C)CCCCC4)cc1. The molecule has 0 saturated carbocycles. The highest BCUT2D eigenvalue weighted by Gasteiger charge is 2.23. The summed E-state index contributed by atoms with van der Waals surface area (Å²) in [5.74, 6) is -0.593. The van der Waals surface area contributed by atoms with E-state index in [-0.39, 0.29) is 16.3 Å². The number of nitrogens with zero attached hydrogens (tertiary/aromatic N) is 2. The number of benzene rings is 1. The number of hydrogen-bond acceptors (Lipinski definition) is 7. The van der Waals surface area contributed by atoms with Crippen LogP contribution < -0.4 is 16.2 Å². The van der Waals surface area contributed by atoms with Crippen LogP contribution in [0.25, 0.3) is 10.2 Å². The summed E-state index contributed by atoms with van der Waals surface area (Å²) < 4.78 is 6.92. The van der Waals surface area contributed by atoms with E-state index in [0.29, 0.717) is 33.7 Å². The number of carbonyl (C=O) groups is 3. The van der Waals surface area contributed by atoms with Crippen molar-refractivity contribution in [1.82, 2.24) is 9.55 Å². The molecule has 4 rings (SSSR count). The van der Waals surface area contributed by atoms with Gasteiger partial charge in [0.05, 0.1) is 5.39 Å². The van der Waals surface area contributed by atoms with Crippen molar-refractivity contribution in [3.63, 3.8) is 0 Å². The average molecular weight is 469 g/mol. The molecule has 0 fully saturated rings. The Kier molecular flexibility index (Phi) is 6.55. The van der Waals surface area contributed by atoms with Crippen molar-refractivity contribution in [1.29, 1.82) is 0 Å². The Morgan fingerprint density at radius 3 is 2.48 bits per heavy atom. The number of thiophene rings is 1. The van der Waals surface area contributed by atoms with Crippen LogP contribution in [-0.4, -0.2) is 33.9 Å². The van der Waals surface area contributed by atoms with Gasteiger partial charge in [-0.3, -0.25) is 19.0 Å². The molecule has 0 atom stereocenters. The number of aromatic nitrogens is 2. The van der Waals surface area contributed by atoms with Gasteiger partial charge in [-0.15, -0.1) is 11.3 Å². The molecule has 0 aliphatic carbocycles. The smallest absolute Gasteiger partial charge is 0.349 e. The van der Waals surface area contributed by atoms with Crippen LogP contribution in [0.5, 0.6) is 0 Å². The number of rotatable bonds is 5. The maximum atomic E-state index is 13.0. The molecule has 0 spiro atoms. The number of esters is 1. The zero-order chi connectivity index (χ0) is 23.5. The largest absolute Gasteiger partial charge is 0.451 e. The van der Waals surface area contributed by atoms with Crippen LogP contribution in [0.2, 0.25) is 0 Å². The lowest BCUT2D eigenvalue weighted by Gasteiger charge is -2.08. The van der Waals surface area contributed by atoms with Crippen molar-refractivity contribution in [2.24, 2.45) is 0 Å². The molecule has 0 bridgehead atoms. The number of anilines is 2. The third kappa shape index (κ3) is 4.95. The maximum Gasteiger partial charge on any atom is 0.349 e. The van der Waals surface area contributed by atoms with Gasteiger partial charge in [0.2, 0.25) is 5.91 Å². The normalized spacial score (nSPS) is 13.2. The van der Waals surface area contributed by atoms with Gasteiger partial charge >= 0.3 is 5.97 Å². The van der Waals surface area contributed by atoms with Crippen molar-refractivity contribution < 1.29 is 19.1 Å². The maximum absolute atomic E-state index is 13.0. The molecule has 0 unspecified atom stereocenters. The molecule has 0 saturated heterocycles. The zero-order valence-electron chi connectivity index (χ0n) is 18.4. The number of amides is 2. The summed E-state index contributed by atoms with van der Waals surface area (Å²) in [4.78, 5) is 54.4. The number of ether oxygens (including phenoxy) is 1. The van der Waals surface area contributed by atoms with Gasteiger partial charge in [0, 0.05) is 31.3 Å². The van der Waals surface area contributed by atoms with Crippen LogP contribution >= 0.6 is 11.3 Å². The van der Waals surface area contributed by atoms with Gasteiger partial charge in [0.25, 0.3) is 11.5 Å². The van der Waals surface area contributed by atoms with Gasteiger partial charge in [-0.05, 0) is 49.6 Å². The molecular formula is C23H24N4O5S. The van der Waals surface area contributed by atoms with Crippen molar-refractivity contribution in [2.45, 2.75) is 46.1 Å². The Labute approximate surface area is 193 Å². The van der Waals surface area contributed by atoms with E-state index >= 15 is 0 Å². The summed E-state index contributed by atoms with van der Waals surface area (Å²) in [6.07, 6.45) is 3.73. The van der Waals surface area contributed by atoms with Crippen LogP contribution in [0.15, 0.2) is 29.1 Å². The highest BCUT2D eigenvalue weighted by Crippen LogP contribution is 2.29. The summed E-state index contributed by atoms with van der Waals surface area (Å²) in [5.41, 5.74) is 1.52. The average Bonchev–Trinajstić information content (AvgIpc) is 2.94. The topological polar surface area (TPSA) is 119 Å². The van der Waals surface area contributed by atoms with Crippen LogP contribution in [0.1, 0.15) is 47.2 Å². The van der Waals surface area contributed by atoms with E-state index in [9.17, 15) is 19.2 Å². The van der Waals surface area contributed by atoms with Crippen molar-refractivity contribution in [3.05, 3.63) is 50.9 Å². The molecule has 3 heterocycles. The molecule has 3 aromatic rings. The van der Waals surface area contributed by atoms with Crippen LogP contribution in [0, 0.1) is 6.92 Å². The molecule has 10 heteroatoms. The van der Waals surface area contributed by atoms with Gasteiger partial charge in [-0.1, -0.05) is 6.42 Å². The predicted molar refractivity (Wildman–Crippen MR) is 126 cm³/mol. The first kappa shape index (κ1) is 22.7. The lowest BCUT2D eigenvalue weighted by Crippen LogP contribution is -2.24. The number of fused-ring (bicyclic) bond motifs is 2. The lowest BCUT2D eigenvalue weighted by atomic mass is 10.2. The molecule has 2 N–H and O–H groups in total. The minimum absolute atomic E-state index is 0.120. The third-order valence-electron chi connectivity index (χ3n) is 5.42. The molecule has 2 aromatic heterocycles. The second-order valence-corrected chi connectivity index (χ2v) is 8.91. The van der Waals surface area contributed by atoms with E-state index in [4.69, 9.17) is 4.74 Å². The van der Waals surface area contributed by atoms with Gasteiger partial charge in [-0.2, -0.15) is 0 Å². The lowest BCUT2D eigenvalue weighted by molar-refractivity contribution is -0.119. The number of hydrogen-bond donors (Lipinski definition) is 2. The number of nitrogens with one attached hydrogen (secondary N) is 2. The second-order valence-electron chi connectivity index (χ2n) is 7.91. The Morgan fingerprint density at radius 1 is 1.09 bits per heavy atom.